The van der Waals surface area contributed by atoms with Crippen molar-refractivity contribution in [2.45, 2.75) is 50.9 Å². The summed E-state index contributed by atoms with van der Waals surface area (Å²) < 4.78 is 2.42. The van der Waals surface area contributed by atoms with E-state index in [9.17, 15) is 0 Å². The van der Waals surface area contributed by atoms with Crippen LogP contribution in [-0.4, -0.2) is 24.4 Å². The van der Waals surface area contributed by atoms with Crippen LogP contribution in [0.25, 0.3) is 10.8 Å². The average Bonchev–Trinajstić information content (AvgIpc) is 3.25. The number of rotatable bonds is 3. The maximum absolute atomic E-state index is 2.47. The first kappa shape index (κ1) is 23.0. The molecule has 0 bridgehead atoms. The van der Waals surface area contributed by atoms with E-state index in [1.54, 1.807) is 0 Å². The Bertz CT molecular complexity index is 1480. The molecule has 0 fully saturated rings. The summed E-state index contributed by atoms with van der Waals surface area (Å²) in [6.07, 6.45) is 15.6. The Hall–Kier alpha value is -3.39. The van der Waals surface area contributed by atoms with Crippen LogP contribution in [0.5, 0.6) is 0 Å². The van der Waals surface area contributed by atoms with Gasteiger partial charge in [0.15, 0.2) is 5.71 Å². The molecule has 3 aromatic carbocycles. The van der Waals surface area contributed by atoms with Gasteiger partial charge in [-0.05, 0) is 60.6 Å². The highest BCUT2D eigenvalue weighted by atomic mass is 15.2. The zero-order chi connectivity index (χ0) is 25.1. The van der Waals surface area contributed by atoms with Gasteiger partial charge < -0.3 is 4.90 Å². The molecule has 0 spiro atoms. The summed E-state index contributed by atoms with van der Waals surface area (Å²) in [6, 6.07) is 22.3. The van der Waals surface area contributed by atoms with E-state index < -0.39 is 0 Å². The topological polar surface area (TPSA) is 6.25 Å². The first-order valence-electron chi connectivity index (χ1n) is 13.4. The number of allylic oxidation sites excluding steroid dienone is 6. The molecule has 1 aliphatic carbocycles. The summed E-state index contributed by atoms with van der Waals surface area (Å²) in [4.78, 5) is 2.38. The number of para-hydroxylation sites is 1. The molecule has 2 aliphatic heterocycles. The first-order valence-corrected chi connectivity index (χ1v) is 13.4. The number of hydrogen-bond donors (Lipinski definition) is 0. The SMILES string of the molecule is CN1/C(=C/C=C/C2=[N+](C)c3ccccc3C2(C)C2C=CCCC2)C(C)(C)c2c1ccc1ccccc21. The maximum Gasteiger partial charge on any atom is 0.209 e. The molecule has 0 saturated carbocycles. The van der Waals surface area contributed by atoms with Crippen LogP contribution < -0.4 is 4.90 Å². The molecule has 2 unspecified atom stereocenters. The molecule has 0 saturated heterocycles. The van der Waals surface area contributed by atoms with Crippen molar-refractivity contribution in [3.05, 3.63) is 108 Å². The number of likely N-dealkylation sites (N-methyl/N-ethyl adjacent to an activating group) is 1. The van der Waals surface area contributed by atoms with E-state index in [0.29, 0.717) is 5.92 Å². The summed E-state index contributed by atoms with van der Waals surface area (Å²) >= 11 is 0. The van der Waals surface area contributed by atoms with Gasteiger partial charge in [-0.1, -0.05) is 80.6 Å². The quantitative estimate of drug-likeness (QED) is 0.275. The number of anilines is 1. The second-order valence-electron chi connectivity index (χ2n) is 11.4. The summed E-state index contributed by atoms with van der Waals surface area (Å²) in [7, 11) is 4.45. The molecule has 2 atom stereocenters. The summed E-state index contributed by atoms with van der Waals surface area (Å²) in [5.41, 5.74) is 8.16. The van der Waals surface area contributed by atoms with Gasteiger partial charge in [0.05, 0.1) is 5.41 Å². The van der Waals surface area contributed by atoms with Gasteiger partial charge >= 0.3 is 0 Å². The van der Waals surface area contributed by atoms with Crippen LogP contribution in [0.1, 0.15) is 51.2 Å². The van der Waals surface area contributed by atoms with E-state index in [1.807, 2.05) is 0 Å². The highest BCUT2D eigenvalue weighted by molar-refractivity contribution is 6.04. The second kappa shape index (κ2) is 8.34. The fourth-order valence-electron chi connectivity index (χ4n) is 7.21. The zero-order valence-electron chi connectivity index (χ0n) is 22.3. The molecule has 6 rings (SSSR count). The second-order valence-corrected chi connectivity index (χ2v) is 11.4. The van der Waals surface area contributed by atoms with Crippen molar-refractivity contribution in [3.63, 3.8) is 0 Å². The summed E-state index contributed by atoms with van der Waals surface area (Å²) in [6.45, 7) is 7.18. The number of hydrogen-bond acceptors (Lipinski definition) is 1. The van der Waals surface area contributed by atoms with E-state index in [2.05, 4.69) is 135 Å². The predicted molar refractivity (Wildman–Crippen MR) is 154 cm³/mol. The molecule has 0 N–H and O–H groups in total. The van der Waals surface area contributed by atoms with E-state index in [1.165, 1.54) is 63.9 Å². The number of nitrogens with zero attached hydrogens (tertiary/aromatic N) is 2. The average molecular weight is 474 g/mol. The highest BCUT2D eigenvalue weighted by Crippen LogP contribution is 2.50. The lowest BCUT2D eigenvalue weighted by molar-refractivity contribution is -0.401. The third kappa shape index (κ3) is 3.20. The van der Waals surface area contributed by atoms with Crippen molar-refractivity contribution in [2.24, 2.45) is 5.92 Å². The molecule has 2 heterocycles. The van der Waals surface area contributed by atoms with Gasteiger partial charge in [0.1, 0.15) is 7.05 Å². The van der Waals surface area contributed by atoms with Crippen LogP contribution in [0.4, 0.5) is 11.4 Å². The normalized spacial score (nSPS) is 25.9. The standard InChI is InChI=1S/C34H37N2/c1-33(2)30(36(5)29-23-22-24-14-9-10-17-26(24)32(29)33)20-13-21-31-34(3,25-15-7-6-8-16-25)27-18-11-12-19-28(27)35(31)4/h7,9-15,17-23,25H,6,8,16H2,1-5H3/q+1. The lowest BCUT2D eigenvalue weighted by Crippen LogP contribution is -2.38. The van der Waals surface area contributed by atoms with Crippen molar-refractivity contribution in [1.82, 2.24) is 0 Å². The van der Waals surface area contributed by atoms with E-state index >= 15 is 0 Å². The van der Waals surface area contributed by atoms with Crippen molar-refractivity contribution < 1.29 is 4.58 Å². The molecule has 3 aromatic rings. The van der Waals surface area contributed by atoms with E-state index in [-0.39, 0.29) is 10.8 Å². The Morgan fingerprint density at radius 1 is 0.972 bits per heavy atom. The number of benzene rings is 3. The van der Waals surface area contributed by atoms with Crippen LogP contribution >= 0.6 is 0 Å². The van der Waals surface area contributed by atoms with Crippen LogP contribution in [0, 0.1) is 5.92 Å². The fraction of sp³-hybridized carbons (Fsp3) is 0.324. The van der Waals surface area contributed by atoms with Gasteiger partial charge in [0.2, 0.25) is 5.69 Å². The third-order valence-electron chi connectivity index (χ3n) is 9.12. The Morgan fingerprint density at radius 2 is 1.75 bits per heavy atom. The van der Waals surface area contributed by atoms with Crippen molar-refractivity contribution in [3.8, 4) is 0 Å². The van der Waals surface area contributed by atoms with Gasteiger partial charge in [-0.15, -0.1) is 0 Å². The van der Waals surface area contributed by atoms with Gasteiger partial charge in [0, 0.05) is 41.6 Å². The highest BCUT2D eigenvalue weighted by Gasteiger charge is 2.50. The minimum absolute atomic E-state index is 0.0203. The minimum Gasteiger partial charge on any atom is -0.347 e. The van der Waals surface area contributed by atoms with Crippen molar-refractivity contribution in [1.29, 1.82) is 0 Å². The van der Waals surface area contributed by atoms with E-state index in [0.717, 1.165) is 0 Å². The minimum atomic E-state index is -0.0695. The summed E-state index contributed by atoms with van der Waals surface area (Å²) in [5.74, 6) is 0.519. The lowest BCUT2D eigenvalue weighted by Gasteiger charge is -2.32. The predicted octanol–water partition coefficient (Wildman–Crippen LogP) is 8.05. The molecular formula is C34H37N2+. The Kier molecular flexibility index (Phi) is 5.33. The van der Waals surface area contributed by atoms with Crippen LogP contribution in [0.15, 0.2) is 96.7 Å². The smallest absolute Gasteiger partial charge is 0.209 e. The molecule has 182 valence electrons. The fourth-order valence-corrected chi connectivity index (χ4v) is 7.21. The maximum atomic E-state index is 2.47. The Morgan fingerprint density at radius 3 is 2.56 bits per heavy atom. The molecule has 2 heteroatoms. The van der Waals surface area contributed by atoms with Gasteiger partial charge in [-0.25, -0.2) is 0 Å². The van der Waals surface area contributed by atoms with Crippen molar-refractivity contribution in [2.75, 3.05) is 19.0 Å². The monoisotopic (exact) mass is 473 g/mol. The lowest BCUT2D eigenvalue weighted by atomic mass is 9.66. The molecule has 0 radical (unpaired) electrons. The zero-order valence-corrected chi connectivity index (χ0v) is 22.3. The van der Waals surface area contributed by atoms with Gasteiger partial charge in [-0.3, -0.25) is 0 Å². The molecular weight excluding hydrogens is 436 g/mol. The third-order valence-corrected chi connectivity index (χ3v) is 9.12. The summed E-state index contributed by atoms with van der Waals surface area (Å²) in [5, 5.41) is 2.67. The van der Waals surface area contributed by atoms with Gasteiger partial charge in [-0.2, -0.15) is 4.58 Å². The molecule has 36 heavy (non-hydrogen) atoms. The largest absolute Gasteiger partial charge is 0.347 e. The van der Waals surface area contributed by atoms with Crippen LogP contribution in [0.3, 0.4) is 0 Å². The van der Waals surface area contributed by atoms with Crippen LogP contribution in [0.2, 0.25) is 0 Å². The van der Waals surface area contributed by atoms with Crippen LogP contribution in [-0.2, 0) is 10.8 Å². The molecule has 0 aromatic heterocycles. The molecule has 3 aliphatic rings. The van der Waals surface area contributed by atoms with Gasteiger partial charge in [0.25, 0.3) is 0 Å². The van der Waals surface area contributed by atoms with Crippen molar-refractivity contribution >= 4 is 27.9 Å². The number of fused-ring (bicyclic) bond motifs is 4. The molecule has 2 nitrogen and oxygen atoms in total. The molecule has 0 amide bonds. The Balaban J connectivity index is 1.42. The Labute approximate surface area is 216 Å². The first-order chi connectivity index (χ1) is 17.3. The van der Waals surface area contributed by atoms with E-state index in [4.69, 9.17) is 0 Å².